The van der Waals surface area contributed by atoms with E-state index in [1.165, 1.54) is 18.4 Å². The Hall–Kier alpha value is -2.54. The summed E-state index contributed by atoms with van der Waals surface area (Å²) in [5, 5.41) is 17.9. The Bertz CT molecular complexity index is 638. The van der Waals surface area contributed by atoms with Gasteiger partial charge in [-0.15, -0.1) is 0 Å². The third-order valence-corrected chi connectivity index (χ3v) is 3.32. The van der Waals surface area contributed by atoms with Gasteiger partial charge in [0.05, 0.1) is 18.4 Å². The average molecular weight is 291 g/mol. The number of nitrogens with zero attached hydrogens (tertiary/aromatic N) is 1. The Morgan fingerprint density at radius 1 is 1.40 bits per heavy atom. The topological polar surface area (TPSA) is 96.9 Å². The minimum atomic E-state index is -0.221. The van der Waals surface area contributed by atoms with Crippen LogP contribution >= 0.6 is 11.3 Å². The Balaban J connectivity index is 2.26. The number of thiophene rings is 1. The molecule has 6 nitrogen and oxygen atoms in total. The SMILES string of the molecule is COc1cc(/C(N)=N/O)ccc1NC(=O)c1ccsc1. The van der Waals surface area contributed by atoms with E-state index in [4.69, 9.17) is 15.7 Å². The van der Waals surface area contributed by atoms with Crippen molar-refractivity contribution in [3.63, 3.8) is 0 Å². The van der Waals surface area contributed by atoms with Gasteiger partial charge in [-0.05, 0) is 29.6 Å². The summed E-state index contributed by atoms with van der Waals surface area (Å²) in [7, 11) is 1.48. The molecule has 2 rings (SSSR count). The van der Waals surface area contributed by atoms with Crippen LogP contribution in [0.1, 0.15) is 15.9 Å². The summed E-state index contributed by atoms with van der Waals surface area (Å²) in [6.45, 7) is 0. The molecule has 1 heterocycles. The third-order valence-electron chi connectivity index (χ3n) is 2.64. The summed E-state index contributed by atoms with van der Waals surface area (Å²) in [4.78, 5) is 12.0. The molecule has 0 aliphatic carbocycles. The van der Waals surface area contributed by atoms with Crippen LogP contribution in [0.4, 0.5) is 5.69 Å². The number of benzene rings is 1. The first-order valence-electron chi connectivity index (χ1n) is 5.65. The molecule has 0 saturated carbocycles. The van der Waals surface area contributed by atoms with Gasteiger partial charge >= 0.3 is 0 Å². The first-order valence-corrected chi connectivity index (χ1v) is 6.59. The number of anilines is 1. The zero-order chi connectivity index (χ0) is 14.5. The first kappa shape index (κ1) is 13.9. The second kappa shape index (κ2) is 6.07. The molecule has 1 amide bonds. The number of amides is 1. The number of amidine groups is 1. The number of methoxy groups -OCH3 is 1. The minimum absolute atomic E-state index is 0.0287. The Morgan fingerprint density at radius 2 is 2.20 bits per heavy atom. The fourth-order valence-electron chi connectivity index (χ4n) is 1.60. The maximum atomic E-state index is 12.0. The number of oxime groups is 1. The molecule has 0 atom stereocenters. The van der Waals surface area contributed by atoms with Gasteiger partial charge in [-0.2, -0.15) is 11.3 Å². The highest BCUT2D eigenvalue weighted by molar-refractivity contribution is 7.08. The van der Waals surface area contributed by atoms with Crippen LogP contribution in [-0.2, 0) is 0 Å². The number of carbonyl (C=O) groups is 1. The molecule has 0 saturated heterocycles. The largest absolute Gasteiger partial charge is 0.495 e. The molecule has 0 radical (unpaired) electrons. The molecular weight excluding hydrogens is 278 g/mol. The number of rotatable bonds is 4. The molecule has 0 spiro atoms. The lowest BCUT2D eigenvalue weighted by molar-refractivity contribution is 0.102. The molecule has 0 bridgehead atoms. The van der Waals surface area contributed by atoms with Crippen molar-refractivity contribution < 1.29 is 14.7 Å². The van der Waals surface area contributed by atoms with Gasteiger partial charge in [-0.1, -0.05) is 5.16 Å². The average Bonchev–Trinajstić information content (AvgIpc) is 3.01. The van der Waals surface area contributed by atoms with Crippen molar-refractivity contribution in [3.05, 3.63) is 46.2 Å². The molecule has 104 valence electrons. The van der Waals surface area contributed by atoms with Gasteiger partial charge in [0.25, 0.3) is 5.91 Å². The van der Waals surface area contributed by atoms with E-state index >= 15 is 0 Å². The molecule has 0 fully saturated rings. The fraction of sp³-hybridized carbons (Fsp3) is 0.0769. The first-order chi connectivity index (χ1) is 9.65. The molecule has 2 aromatic rings. The van der Waals surface area contributed by atoms with E-state index in [1.807, 2.05) is 5.38 Å². The van der Waals surface area contributed by atoms with Gasteiger partial charge < -0.3 is 21.0 Å². The van der Waals surface area contributed by atoms with Crippen LogP contribution in [0.25, 0.3) is 0 Å². The summed E-state index contributed by atoms with van der Waals surface area (Å²) < 4.78 is 5.19. The summed E-state index contributed by atoms with van der Waals surface area (Å²) in [5.74, 6) is 0.179. The van der Waals surface area contributed by atoms with Crippen LogP contribution in [0, 0.1) is 0 Å². The van der Waals surface area contributed by atoms with Crippen LogP contribution in [-0.4, -0.2) is 24.1 Å². The number of hydrogen-bond acceptors (Lipinski definition) is 5. The van der Waals surface area contributed by atoms with E-state index in [0.717, 1.165) is 0 Å². The Labute approximate surface area is 119 Å². The highest BCUT2D eigenvalue weighted by Gasteiger charge is 2.11. The van der Waals surface area contributed by atoms with E-state index < -0.39 is 0 Å². The second-order valence-electron chi connectivity index (χ2n) is 3.87. The van der Waals surface area contributed by atoms with Crippen molar-refractivity contribution in [3.8, 4) is 5.75 Å². The van der Waals surface area contributed by atoms with E-state index in [0.29, 0.717) is 22.6 Å². The van der Waals surface area contributed by atoms with Gasteiger partial charge in [0, 0.05) is 10.9 Å². The number of hydrogen-bond donors (Lipinski definition) is 3. The minimum Gasteiger partial charge on any atom is -0.495 e. The normalized spacial score (nSPS) is 11.2. The van der Waals surface area contributed by atoms with Crippen molar-refractivity contribution >= 4 is 28.8 Å². The van der Waals surface area contributed by atoms with Crippen LogP contribution < -0.4 is 15.8 Å². The standard InChI is InChI=1S/C13H13N3O3S/c1-19-11-6-8(12(14)16-18)2-3-10(11)15-13(17)9-4-5-20-7-9/h2-7,18H,1H3,(H2,14,16)(H,15,17). The van der Waals surface area contributed by atoms with E-state index in [9.17, 15) is 4.79 Å². The highest BCUT2D eigenvalue weighted by Crippen LogP contribution is 2.26. The van der Waals surface area contributed by atoms with Gasteiger partial charge in [0.1, 0.15) is 5.75 Å². The monoisotopic (exact) mass is 291 g/mol. The van der Waals surface area contributed by atoms with E-state index in [2.05, 4.69) is 10.5 Å². The lowest BCUT2D eigenvalue weighted by atomic mass is 10.1. The predicted octanol–water partition coefficient (Wildman–Crippen LogP) is 2.10. The zero-order valence-corrected chi connectivity index (χ0v) is 11.5. The predicted molar refractivity (Wildman–Crippen MR) is 77.8 cm³/mol. The van der Waals surface area contributed by atoms with Crippen molar-refractivity contribution in [2.45, 2.75) is 0 Å². The van der Waals surface area contributed by atoms with Crippen LogP contribution in [0.3, 0.4) is 0 Å². The lowest BCUT2D eigenvalue weighted by Gasteiger charge is -2.11. The molecule has 7 heteroatoms. The number of carbonyl (C=O) groups excluding carboxylic acids is 1. The van der Waals surface area contributed by atoms with Crippen molar-refractivity contribution in [1.82, 2.24) is 0 Å². The van der Waals surface area contributed by atoms with E-state index in [-0.39, 0.29) is 11.7 Å². The molecular formula is C13H13N3O3S. The van der Waals surface area contributed by atoms with Crippen LogP contribution in [0.2, 0.25) is 0 Å². The quantitative estimate of drug-likeness (QED) is 0.348. The van der Waals surface area contributed by atoms with Crippen molar-refractivity contribution in [2.24, 2.45) is 10.9 Å². The molecule has 4 N–H and O–H groups in total. The number of nitrogens with two attached hydrogens (primary N) is 1. The van der Waals surface area contributed by atoms with Gasteiger partial charge in [-0.3, -0.25) is 4.79 Å². The highest BCUT2D eigenvalue weighted by atomic mass is 32.1. The molecule has 0 unspecified atom stereocenters. The molecule has 0 aliphatic rings. The van der Waals surface area contributed by atoms with Crippen molar-refractivity contribution in [2.75, 3.05) is 12.4 Å². The molecule has 20 heavy (non-hydrogen) atoms. The Kier molecular flexibility index (Phi) is 4.21. The van der Waals surface area contributed by atoms with Crippen LogP contribution in [0.5, 0.6) is 5.75 Å². The maximum absolute atomic E-state index is 12.0. The number of ether oxygens (including phenoxy) is 1. The van der Waals surface area contributed by atoms with Gasteiger partial charge in [0.2, 0.25) is 0 Å². The van der Waals surface area contributed by atoms with Gasteiger partial charge in [0.15, 0.2) is 5.84 Å². The van der Waals surface area contributed by atoms with E-state index in [1.54, 1.807) is 29.6 Å². The summed E-state index contributed by atoms with van der Waals surface area (Å²) in [5.41, 5.74) is 7.10. The lowest BCUT2D eigenvalue weighted by Crippen LogP contribution is -2.15. The zero-order valence-electron chi connectivity index (χ0n) is 10.7. The molecule has 0 aliphatic heterocycles. The molecule has 1 aromatic carbocycles. The third kappa shape index (κ3) is 2.89. The summed E-state index contributed by atoms with van der Waals surface area (Å²) in [6, 6.07) is 6.58. The smallest absolute Gasteiger partial charge is 0.256 e. The second-order valence-corrected chi connectivity index (χ2v) is 4.65. The van der Waals surface area contributed by atoms with Gasteiger partial charge in [-0.25, -0.2) is 0 Å². The van der Waals surface area contributed by atoms with Crippen LogP contribution in [0.15, 0.2) is 40.2 Å². The Morgan fingerprint density at radius 3 is 2.80 bits per heavy atom. The fourth-order valence-corrected chi connectivity index (χ4v) is 2.24. The van der Waals surface area contributed by atoms with Crippen molar-refractivity contribution in [1.29, 1.82) is 0 Å². The number of nitrogens with one attached hydrogen (secondary N) is 1. The maximum Gasteiger partial charge on any atom is 0.256 e. The summed E-state index contributed by atoms with van der Waals surface area (Å²) >= 11 is 1.45. The molecule has 1 aromatic heterocycles. The summed E-state index contributed by atoms with van der Waals surface area (Å²) in [6.07, 6.45) is 0.